The van der Waals surface area contributed by atoms with E-state index in [4.69, 9.17) is 4.74 Å². The molecule has 0 saturated carbocycles. The predicted molar refractivity (Wildman–Crippen MR) is 53.0 cm³/mol. The van der Waals surface area contributed by atoms with Gasteiger partial charge < -0.3 is 4.74 Å². The largest absolute Gasteiger partial charge is 0.369 e. The van der Waals surface area contributed by atoms with Gasteiger partial charge in [-0.25, -0.2) is 0 Å². The van der Waals surface area contributed by atoms with Gasteiger partial charge in [0.25, 0.3) is 0 Å². The van der Waals surface area contributed by atoms with E-state index in [1.54, 1.807) is 7.11 Å². The highest BCUT2D eigenvalue weighted by atomic mass is 16.5. The molecular formula is C11H20O. The van der Waals surface area contributed by atoms with Crippen LogP contribution >= 0.6 is 0 Å². The molecule has 12 heavy (non-hydrogen) atoms. The zero-order valence-electron chi connectivity index (χ0n) is 8.52. The Hall–Kier alpha value is -0.480. The smallest absolute Gasteiger partial charge is 0.117 e. The number of hydrogen-bond donors (Lipinski definition) is 0. The highest BCUT2D eigenvalue weighted by molar-refractivity contribution is 5.04. The van der Waals surface area contributed by atoms with Gasteiger partial charge in [-0.05, 0) is 12.8 Å². The van der Waals surface area contributed by atoms with E-state index in [1.165, 1.54) is 12.8 Å². The molecule has 0 radical (unpaired) electrons. The van der Waals surface area contributed by atoms with Gasteiger partial charge in [0.1, 0.15) is 6.10 Å². The molecule has 0 aliphatic carbocycles. The molecule has 1 unspecified atom stereocenters. The van der Waals surface area contributed by atoms with Crippen molar-refractivity contribution < 1.29 is 4.74 Å². The molecule has 0 saturated heterocycles. The van der Waals surface area contributed by atoms with Crippen molar-refractivity contribution in [1.82, 2.24) is 0 Å². The Balaban J connectivity index is 3.56. The molecule has 0 rings (SSSR count). The third-order valence-corrected chi connectivity index (χ3v) is 1.75. The monoisotopic (exact) mass is 168 g/mol. The Morgan fingerprint density at radius 3 is 2.50 bits per heavy atom. The number of rotatable bonds is 5. The summed E-state index contributed by atoms with van der Waals surface area (Å²) >= 11 is 0. The van der Waals surface area contributed by atoms with Crippen LogP contribution in [-0.4, -0.2) is 13.2 Å². The Kier molecular flexibility index (Phi) is 8.27. The topological polar surface area (TPSA) is 9.23 Å². The van der Waals surface area contributed by atoms with Gasteiger partial charge in [-0.1, -0.05) is 32.6 Å². The van der Waals surface area contributed by atoms with E-state index < -0.39 is 0 Å². The zero-order chi connectivity index (χ0) is 9.23. The first-order valence-corrected chi connectivity index (χ1v) is 4.86. The Morgan fingerprint density at radius 2 is 2.00 bits per heavy atom. The number of methoxy groups -OCH3 is 1. The lowest BCUT2D eigenvalue weighted by atomic mass is 10.2. The molecule has 1 nitrogen and oxygen atoms in total. The van der Waals surface area contributed by atoms with E-state index in [2.05, 4.69) is 25.7 Å². The molecule has 0 aromatic heterocycles. The second kappa shape index (κ2) is 8.62. The summed E-state index contributed by atoms with van der Waals surface area (Å²) in [7, 11) is 1.73. The maximum absolute atomic E-state index is 5.20. The van der Waals surface area contributed by atoms with Gasteiger partial charge in [0.05, 0.1) is 0 Å². The quantitative estimate of drug-likeness (QED) is 0.453. The molecule has 0 heterocycles. The fourth-order valence-electron chi connectivity index (χ4n) is 0.962. The average molecular weight is 168 g/mol. The Labute approximate surface area is 76.5 Å². The minimum Gasteiger partial charge on any atom is -0.369 e. The van der Waals surface area contributed by atoms with E-state index in [1.807, 2.05) is 0 Å². The summed E-state index contributed by atoms with van der Waals surface area (Å²) in [4.78, 5) is 0. The number of hydrogen-bond acceptors (Lipinski definition) is 1. The van der Waals surface area contributed by atoms with Crippen molar-refractivity contribution in [3.63, 3.8) is 0 Å². The van der Waals surface area contributed by atoms with Crippen LogP contribution in [-0.2, 0) is 4.74 Å². The highest BCUT2D eigenvalue weighted by Crippen LogP contribution is 1.99. The SMILES string of the molecule is CCCCC#CC(CCC)OC. The van der Waals surface area contributed by atoms with Crippen LogP contribution in [0.1, 0.15) is 46.0 Å². The normalized spacial score (nSPS) is 11.9. The van der Waals surface area contributed by atoms with Crippen molar-refractivity contribution in [1.29, 1.82) is 0 Å². The predicted octanol–water partition coefficient (Wildman–Crippen LogP) is 3.00. The van der Waals surface area contributed by atoms with Crippen molar-refractivity contribution in [2.24, 2.45) is 0 Å². The maximum atomic E-state index is 5.20. The lowest BCUT2D eigenvalue weighted by Crippen LogP contribution is -2.06. The molecule has 0 bridgehead atoms. The van der Waals surface area contributed by atoms with Gasteiger partial charge in [-0.3, -0.25) is 0 Å². The molecule has 1 atom stereocenters. The van der Waals surface area contributed by atoms with Gasteiger partial charge in [-0.15, -0.1) is 5.92 Å². The molecular weight excluding hydrogens is 148 g/mol. The second-order valence-corrected chi connectivity index (χ2v) is 2.94. The summed E-state index contributed by atoms with van der Waals surface area (Å²) in [6.07, 6.45) is 5.79. The van der Waals surface area contributed by atoms with E-state index >= 15 is 0 Å². The fourth-order valence-corrected chi connectivity index (χ4v) is 0.962. The lowest BCUT2D eigenvalue weighted by molar-refractivity contribution is 0.140. The molecule has 0 aromatic carbocycles. The van der Waals surface area contributed by atoms with Crippen LogP contribution in [0.15, 0.2) is 0 Å². The van der Waals surface area contributed by atoms with Crippen LogP contribution in [0.25, 0.3) is 0 Å². The number of ether oxygens (including phenoxy) is 1. The zero-order valence-corrected chi connectivity index (χ0v) is 8.52. The van der Waals surface area contributed by atoms with Crippen molar-refractivity contribution in [2.75, 3.05) is 7.11 Å². The molecule has 0 aliphatic rings. The molecule has 0 aliphatic heterocycles. The first-order valence-electron chi connectivity index (χ1n) is 4.86. The van der Waals surface area contributed by atoms with Crippen LogP contribution in [0.4, 0.5) is 0 Å². The molecule has 0 spiro atoms. The van der Waals surface area contributed by atoms with Crippen molar-refractivity contribution in [3.05, 3.63) is 0 Å². The molecule has 0 amide bonds. The maximum Gasteiger partial charge on any atom is 0.117 e. The van der Waals surface area contributed by atoms with Crippen molar-refractivity contribution >= 4 is 0 Å². The summed E-state index contributed by atoms with van der Waals surface area (Å²) < 4.78 is 5.20. The van der Waals surface area contributed by atoms with Crippen molar-refractivity contribution in [2.45, 2.75) is 52.1 Å². The van der Waals surface area contributed by atoms with Crippen LogP contribution in [0, 0.1) is 11.8 Å². The van der Waals surface area contributed by atoms with E-state index in [-0.39, 0.29) is 6.10 Å². The standard InChI is InChI=1S/C11H20O/c1-4-6-7-8-10-11(12-3)9-5-2/h11H,4-7,9H2,1-3H3. The van der Waals surface area contributed by atoms with E-state index in [0.717, 1.165) is 19.3 Å². The van der Waals surface area contributed by atoms with Crippen LogP contribution < -0.4 is 0 Å². The molecule has 70 valence electrons. The van der Waals surface area contributed by atoms with Gasteiger partial charge in [-0.2, -0.15) is 0 Å². The van der Waals surface area contributed by atoms with Gasteiger partial charge >= 0.3 is 0 Å². The van der Waals surface area contributed by atoms with E-state index in [0.29, 0.717) is 0 Å². The van der Waals surface area contributed by atoms with Crippen LogP contribution in [0.2, 0.25) is 0 Å². The van der Waals surface area contributed by atoms with Gasteiger partial charge in [0, 0.05) is 13.5 Å². The Bertz CT molecular complexity index is 141. The summed E-state index contributed by atoms with van der Waals surface area (Å²) in [5, 5.41) is 0. The first-order chi connectivity index (χ1) is 5.85. The summed E-state index contributed by atoms with van der Waals surface area (Å²) in [5.41, 5.74) is 0. The Morgan fingerprint density at radius 1 is 1.25 bits per heavy atom. The number of unbranched alkanes of at least 4 members (excludes halogenated alkanes) is 2. The van der Waals surface area contributed by atoms with Crippen LogP contribution in [0.5, 0.6) is 0 Å². The molecule has 1 heteroatoms. The molecule has 0 aromatic rings. The summed E-state index contributed by atoms with van der Waals surface area (Å²) in [6, 6.07) is 0. The average Bonchev–Trinajstić information content (AvgIpc) is 2.10. The minimum atomic E-state index is 0.159. The second-order valence-electron chi connectivity index (χ2n) is 2.94. The highest BCUT2D eigenvalue weighted by Gasteiger charge is 1.98. The summed E-state index contributed by atoms with van der Waals surface area (Å²) in [6.45, 7) is 4.33. The lowest BCUT2D eigenvalue weighted by Gasteiger charge is -2.04. The first kappa shape index (κ1) is 11.5. The fraction of sp³-hybridized carbons (Fsp3) is 0.818. The molecule has 0 fully saturated rings. The summed E-state index contributed by atoms with van der Waals surface area (Å²) in [5.74, 6) is 6.28. The van der Waals surface area contributed by atoms with Crippen LogP contribution in [0.3, 0.4) is 0 Å². The van der Waals surface area contributed by atoms with Gasteiger partial charge in [0.15, 0.2) is 0 Å². The molecule has 0 N–H and O–H groups in total. The van der Waals surface area contributed by atoms with Crippen molar-refractivity contribution in [3.8, 4) is 11.8 Å². The third-order valence-electron chi connectivity index (χ3n) is 1.75. The van der Waals surface area contributed by atoms with E-state index in [9.17, 15) is 0 Å². The van der Waals surface area contributed by atoms with Gasteiger partial charge in [0.2, 0.25) is 0 Å². The minimum absolute atomic E-state index is 0.159. The third kappa shape index (κ3) is 6.24.